The van der Waals surface area contributed by atoms with Crippen LogP contribution >= 0.6 is 12.2 Å². The Balaban J connectivity index is 1.94. The highest BCUT2D eigenvalue weighted by Gasteiger charge is 2.32. The number of piperidine rings is 1. The molecule has 2 aliphatic rings. The van der Waals surface area contributed by atoms with Crippen LogP contribution in [0.25, 0.3) is 0 Å². The average molecular weight is 315 g/mol. The van der Waals surface area contributed by atoms with Crippen LogP contribution < -0.4 is 10.6 Å². The van der Waals surface area contributed by atoms with Crippen molar-refractivity contribution in [1.82, 2.24) is 15.5 Å². The largest absolute Gasteiger partial charge is 0.351 e. The first kappa shape index (κ1) is 15.0. The maximum Gasteiger partial charge on any atom is 0.253 e. The number of likely N-dealkylation sites (tertiary alicyclic amines) is 1. The summed E-state index contributed by atoms with van der Waals surface area (Å²) in [7, 11) is 0. The van der Waals surface area contributed by atoms with E-state index in [1.807, 2.05) is 42.2 Å². The van der Waals surface area contributed by atoms with Crippen molar-refractivity contribution >= 4 is 23.2 Å². The third kappa shape index (κ3) is 2.99. The predicted molar refractivity (Wildman–Crippen MR) is 91.2 cm³/mol. The van der Waals surface area contributed by atoms with Gasteiger partial charge in [-0.15, -0.1) is 0 Å². The summed E-state index contributed by atoms with van der Waals surface area (Å²) in [6.07, 6.45) is 3.39. The van der Waals surface area contributed by atoms with Crippen LogP contribution in [0.5, 0.6) is 0 Å². The van der Waals surface area contributed by atoms with Crippen molar-refractivity contribution in [2.24, 2.45) is 0 Å². The lowest BCUT2D eigenvalue weighted by molar-refractivity contribution is -0.128. The van der Waals surface area contributed by atoms with E-state index in [0.717, 1.165) is 42.8 Å². The van der Waals surface area contributed by atoms with Gasteiger partial charge in [-0.25, -0.2) is 0 Å². The molecule has 1 aromatic carbocycles. The molecule has 0 aromatic heterocycles. The smallest absolute Gasteiger partial charge is 0.253 e. The van der Waals surface area contributed by atoms with Crippen molar-refractivity contribution < 1.29 is 4.79 Å². The maximum atomic E-state index is 13.0. The molecule has 4 nitrogen and oxygen atoms in total. The molecular formula is C17H21N3OS. The third-order valence-electron chi connectivity index (χ3n) is 4.28. The van der Waals surface area contributed by atoms with Gasteiger partial charge >= 0.3 is 0 Å². The zero-order valence-corrected chi connectivity index (χ0v) is 13.6. The summed E-state index contributed by atoms with van der Waals surface area (Å²) in [5.74, 6) is 0.119. The number of amides is 1. The number of carbonyl (C=O) groups is 1. The summed E-state index contributed by atoms with van der Waals surface area (Å²) in [6, 6.07) is 9.83. The number of allylic oxidation sites excluding steroid dienone is 1. The molecule has 3 rings (SSSR count). The van der Waals surface area contributed by atoms with Gasteiger partial charge in [0.2, 0.25) is 0 Å². The Kier molecular flexibility index (Phi) is 4.43. The standard InChI is InChI=1S/C17H21N3OS/c1-12-14(16(21)20-10-6-3-7-11-20)15(19-17(22)18-12)13-8-4-2-5-9-13/h2,4-5,8-9,15H,3,6-7,10-11H2,1H3,(H2,18,19,22). The second-order valence-corrected chi connectivity index (χ2v) is 6.24. The molecule has 0 aliphatic carbocycles. The number of rotatable bonds is 2. The topological polar surface area (TPSA) is 44.4 Å². The lowest BCUT2D eigenvalue weighted by Crippen LogP contribution is -2.48. The van der Waals surface area contributed by atoms with E-state index >= 15 is 0 Å². The lowest BCUT2D eigenvalue weighted by Gasteiger charge is -2.34. The SMILES string of the molecule is CC1=C(C(=O)N2CCCCC2)C(c2ccccc2)NC(=S)N1. The van der Waals surface area contributed by atoms with E-state index in [1.54, 1.807) is 0 Å². The van der Waals surface area contributed by atoms with Gasteiger partial charge in [0.15, 0.2) is 5.11 Å². The number of nitrogens with one attached hydrogen (secondary N) is 2. The van der Waals surface area contributed by atoms with Crippen LogP contribution in [0.4, 0.5) is 0 Å². The Morgan fingerprint density at radius 3 is 2.55 bits per heavy atom. The molecule has 0 bridgehead atoms. The first-order valence-corrected chi connectivity index (χ1v) is 8.20. The Morgan fingerprint density at radius 2 is 1.86 bits per heavy atom. The summed E-state index contributed by atoms with van der Waals surface area (Å²) in [5, 5.41) is 6.92. The molecule has 116 valence electrons. The van der Waals surface area contributed by atoms with Gasteiger partial charge in [0.25, 0.3) is 5.91 Å². The highest BCUT2D eigenvalue weighted by Crippen LogP contribution is 2.28. The van der Waals surface area contributed by atoms with Crippen molar-refractivity contribution in [2.75, 3.05) is 13.1 Å². The highest BCUT2D eigenvalue weighted by molar-refractivity contribution is 7.80. The summed E-state index contributed by atoms with van der Waals surface area (Å²) in [4.78, 5) is 15.0. The Labute approximate surface area is 136 Å². The van der Waals surface area contributed by atoms with E-state index in [0.29, 0.717) is 5.11 Å². The second kappa shape index (κ2) is 6.48. The van der Waals surface area contributed by atoms with Crippen molar-refractivity contribution in [3.8, 4) is 0 Å². The molecule has 2 heterocycles. The van der Waals surface area contributed by atoms with Gasteiger partial charge in [0.1, 0.15) is 0 Å². The summed E-state index contributed by atoms with van der Waals surface area (Å²) in [6.45, 7) is 3.63. The Hall–Kier alpha value is -1.88. The van der Waals surface area contributed by atoms with Gasteiger partial charge in [-0.2, -0.15) is 0 Å². The van der Waals surface area contributed by atoms with Crippen LogP contribution in [-0.2, 0) is 4.79 Å². The van der Waals surface area contributed by atoms with Crippen molar-refractivity contribution in [3.63, 3.8) is 0 Å². The number of hydrogen-bond donors (Lipinski definition) is 2. The molecule has 2 aliphatic heterocycles. The number of hydrogen-bond acceptors (Lipinski definition) is 2. The van der Waals surface area contributed by atoms with Gasteiger partial charge in [0, 0.05) is 18.8 Å². The van der Waals surface area contributed by atoms with Crippen molar-refractivity contribution in [1.29, 1.82) is 0 Å². The van der Waals surface area contributed by atoms with Crippen LogP contribution in [0.15, 0.2) is 41.6 Å². The molecular weight excluding hydrogens is 294 g/mol. The first-order chi connectivity index (χ1) is 10.7. The fourth-order valence-electron chi connectivity index (χ4n) is 3.14. The van der Waals surface area contributed by atoms with Gasteiger partial charge in [0.05, 0.1) is 11.6 Å². The second-order valence-electron chi connectivity index (χ2n) is 5.83. The zero-order chi connectivity index (χ0) is 15.5. The van der Waals surface area contributed by atoms with E-state index in [2.05, 4.69) is 10.6 Å². The molecule has 0 spiro atoms. The molecule has 0 radical (unpaired) electrons. The maximum absolute atomic E-state index is 13.0. The lowest BCUT2D eigenvalue weighted by atomic mass is 9.94. The summed E-state index contributed by atoms with van der Waals surface area (Å²) >= 11 is 5.27. The first-order valence-electron chi connectivity index (χ1n) is 7.79. The molecule has 1 saturated heterocycles. The molecule has 1 amide bonds. The Bertz CT molecular complexity index is 606. The van der Waals surface area contributed by atoms with Crippen LogP contribution in [0.2, 0.25) is 0 Å². The van der Waals surface area contributed by atoms with E-state index < -0.39 is 0 Å². The van der Waals surface area contributed by atoms with E-state index in [4.69, 9.17) is 12.2 Å². The predicted octanol–water partition coefficient (Wildman–Crippen LogP) is 2.49. The fraction of sp³-hybridized carbons (Fsp3) is 0.412. The molecule has 1 atom stereocenters. The van der Waals surface area contributed by atoms with Gasteiger partial charge < -0.3 is 15.5 Å². The summed E-state index contributed by atoms with van der Waals surface area (Å²) in [5.41, 5.74) is 2.70. The minimum absolute atomic E-state index is 0.119. The molecule has 0 saturated carbocycles. The minimum Gasteiger partial charge on any atom is -0.351 e. The van der Waals surface area contributed by atoms with Crippen molar-refractivity contribution in [2.45, 2.75) is 32.2 Å². The van der Waals surface area contributed by atoms with E-state index in [9.17, 15) is 4.79 Å². The fourth-order valence-corrected chi connectivity index (χ4v) is 3.41. The van der Waals surface area contributed by atoms with Crippen molar-refractivity contribution in [3.05, 3.63) is 47.2 Å². The molecule has 1 unspecified atom stereocenters. The number of carbonyl (C=O) groups excluding carboxylic acids is 1. The van der Waals surface area contributed by atoms with Gasteiger partial charge in [-0.1, -0.05) is 30.3 Å². The number of thiocarbonyl (C=S) groups is 1. The molecule has 2 N–H and O–H groups in total. The van der Waals surface area contributed by atoms with Crippen LogP contribution in [0.3, 0.4) is 0 Å². The van der Waals surface area contributed by atoms with Gasteiger partial charge in [-0.05, 0) is 44.0 Å². The van der Waals surface area contributed by atoms with E-state index in [1.165, 1.54) is 6.42 Å². The molecule has 5 heteroatoms. The highest BCUT2D eigenvalue weighted by atomic mass is 32.1. The van der Waals surface area contributed by atoms with Crippen LogP contribution in [0, 0.1) is 0 Å². The van der Waals surface area contributed by atoms with Crippen LogP contribution in [-0.4, -0.2) is 29.0 Å². The average Bonchev–Trinajstić information content (AvgIpc) is 2.55. The Morgan fingerprint density at radius 1 is 1.18 bits per heavy atom. The van der Waals surface area contributed by atoms with Gasteiger partial charge in [-0.3, -0.25) is 4.79 Å². The van der Waals surface area contributed by atoms with E-state index in [-0.39, 0.29) is 11.9 Å². The number of nitrogens with zero attached hydrogens (tertiary/aromatic N) is 1. The molecule has 1 aromatic rings. The quantitative estimate of drug-likeness (QED) is 0.823. The monoisotopic (exact) mass is 315 g/mol. The molecule has 22 heavy (non-hydrogen) atoms. The minimum atomic E-state index is -0.177. The van der Waals surface area contributed by atoms with Crippen LogP contribution in [0.1, 0.15) is 37.8 Å². The molecule has 1 fully saturated rings. The zero-order valence-electron chi connectivity index (χ0n) is 12.8. The number of benzene rings is 1. The third-order valence-corrected chi connectivity index (χ3v) is 4.50. The normalized spacial score (nSPS) is 22.1. The summed E-state index contributed by atoms with van der Waals surface area (Å²) < 4.78 is 0.